The molecule has 4 amide bonds. The van der Waals surface area contributed by atoms with Crippen LogP contribution in [-0.4, -0.2) is 51.9 Å². The highest BCUT2D eigenvalue weighted by atomic mass is 16.4. The van der Waals surface area contributed by atoms with Crippen LogP contribution in [0.25, 0.3) is 0 Å². The molecule has 1 saturated heterocycles. The predicted molar refractivity (Wildman–Crippen MR) is 98.8 cm³/mol. The lowest BCUT2D eigenvalue weighted by molar-refractivity contribution is -0.144. The number of urea groups is 1. The number of nitrogens with zero attached hydrogens (tertiary/aromatic N) is 1. The van der Waals surface area contributed by atoms with Gasteiger partial charge in [-0.25, -0.2) is 9.59 Å². The topological polar surface area (TPSA) is 116 Å². The van der Waals surface area contributed by atoms with E-state index in [1.54, 1.807) is 6.92 Å². The molecule has 1 heterocycles. The summed E-state index contributed by atoms with van der Waals surface area (Å²) >= 11 is 0. The average molecular weight is 381 g/mol. The fourth-order valence-electron chi connectivity index (χ4n) is 4.70. The molecule has 8 nitrogen and oxygen atoms in total. The summed E-state index contributed by atoms with van der Waals surface area (Å²) in [6, 6.07) is -1.64. The smallest absolute Gasteiger partial charge is 0.326 e. The van der Waals surface area contributed by atoms with Crippen molar-refractivity contribution in [3.05, 3.63) is 0 Å². The Kier molecular flexibility index (Phi) is 5.87. The van der Waals surface area contributed by atoms with Crippen molar-refractivity contribution in [3.63, 3.8) is 0 Å². The molecule has 0 aromatic carbocycles. The fourth-order valence-corrected chi connectivity index (χ4v) is 4.70. The Balaban J connectivity index is 2.11. The molecule has 0 aromatic rings. The van der Waals surface area contributed by atoms with Crippen molar-refractivity contribution in [2.75, 3.05) is 6.54 Å². The summed E-state index contributed by atoms with van der Waals surface area (Å²) in [5.41, 5.74) is -1.06. The summed E-state index contributed by atoms with van der Waals surface area (Å²) in [5, 5.41) is 14.6. The van der Waals surface area contributed by atoms with E-state index in [1.807, 2.05) is 6.92 Å². The summed E-state index contributed by atoms with van der Waals surface area (Å²) in [6.45, 7) is 9.29. The first-order valence-corrected chi connectivity index (χ1v) is 9.57. The first kappa shape index (κ1) is 21.2. The highest BCUT2D eigenvalue weighted by molar-refractivity contribution is 6.09. The summed E-state index contributed by atoms with van der Waals surface area (Å²) in [4.78, 5) is 50.1. The average Bonchev–Trinajstić information content (AvgIpc) is 2.73. The summed E-state index contributed by atoms with van der Waals surface area (Å²) in [7, 11) is 0. The highest BCUT2D eigenvalue weighted by Gasteiger charge is 2.56. The Hall–Kier alpha value is -2.12. The molecule has 1 spiro atoms. The number of carboxylic acid groups (broad SMARTS) is 1. The molecule has 8 heteroatoms. The van der Waals surface area contributed by atoms with Gasteiger partial charge in [0.05, 0.1) is 0 Å². The van der Waals surface area contributed by atoms with Crippen molar-refractivity contribution >= 4 is 23.8 Å². The fraction of sp³-hybridized carbons (Fsp3) is 0.789. The van der Waals surface area contributed by atoms with E-state index in [2.05, 4.69) is 31.4 Å². The standard InChI is InChI=1S/C19H31N3O5/c1-6-12(3)14(15(24)25)20-13(23)9-22-16(26)19(21-17(22)27)8-11(2)7-18(4,5)10-19/h11-12,14H,6-10H2,1-5H3,(H,20,23)(H,21,27)(H,24,25)/t11?,12-,14-,19?/m0/s1. The monoisotopic (exact) mass is 381 g/mol. The van der Waals surface area contributed by atoms with Gasteiger partial charge < -0.3 is 15.7 Å². The lowest BCUT2D eigenvalue weighted by atomic mass is 9.64. The lowest BCUT2D eigenvalue weighted by Crippen LogP contribution is -2.54. The lowest BCUT2D eigenvalue weighted by Gasteiger charge is -2.43. The van der Waals surface area contributed by atoms with Crippen LogP contribution in [0, 0.1) is 17.3 Å². The normalized spacial score (nSPS) is 29.4. The van der Waals surface area contributed by atoms with Crippen LogP contribution >= 0.6 is 0 Å². The van der Waals surface area contributed by atoms with Gasteiger partial charge in [0.25, 0.3) is 5.91 Å². The van der Waals surface area contributed by atoms with E-state index in [4.69, 9.17) is 0 Å². The van der Waals surface area contributed by atoms with Crippen molar-refractivity contribution in [3.8, 4) is 0 Å². The number of hydrogen-bond acceptors (Lipinski definition) is 4. The van der Waals surface area contributed by atoms with Crippen LogP contribution in [0.5, 0.6) is 0 Å². The Morgan fingerprint density at radius 3 is 2.48 bits per heavy atom. The quantitative estimate of drug-likeness (QED) is 0.606. The minimum Gasteiger partial charge on any atom is -0.480 e. The molecule has 2 fully saturated rings. The molecule has 2 unspecified atom stereocenters. The molecule has 2 aliphatic rings. The largest absolute Gasteiger partial charge is 0.480 e. The zero-order valence-corrected chi connectivity index (χ0v) is 16.8. The van der Waals surface area contributed by atoms with Gasteiger partial charge in [0.1, 0.15) is 18.1 Å². The third-order valence-electron chi connectivity index (χ3n) is 5.72. The summed E-state index contributed by atoms with van der Waals surface area (Å²) < 4.78 is 0. The van der Waals surface area contributed by atoms with Gasteiger partial charge in [0, 0.05) is 0 Å². The zero-order chi connectivity index (χ0) is 20.6. The van der Waals surface area contributed by atoms with Gasteiger partial charge in [-0.3, -0.25) is 14.5 Å². The van der Waals surface area contributed by atoms with Crippen LogP contribution < -0.4 is 10.6 Å². The number of carboxylic acids is 1. The van der Waals surface area contributed by atoms with E-state index >= 15 is 0 Å². The molecule has 0 aromatic heterocycles. The van der Waals surface area contributed by atoms with Crippen molar-refractivity contribution in [2.24, 2.45) is 17.3 Å². The number of hydrogen-bond donors (Lipinski definition) is 3. The molecular weight excluding hydrogens is 350 g/mol. The number of imide groups is 1. The van der Waals surface area contributed by atoms with E-state index in [-0.39, 0.29) is 17.3 Å². The SMILES string of the molecule is CC[C@H](C)[C@H](NC(=O)CN1C(=O)NC2(CC(C)CC(C)(C)C2)C1=O)C(=O)O. The van der Waals surface area contributed by atoms with Gasteiger partial charge in [0.2, 0.25) is 5.91 Å². The molecule has 0 radical (unpaired) electrons. The molecule has 1 aliphatic heterocycles. The van der Waals surface area contributed by atoms with Crippen molar-refractivity contribution in [2.45, 2.75) is 71.9 Å². The number of carbonyl (C=O) groups is 4. The maximum absolute atomic E-state index is 13.0. The van der Waals surface area contributed by atoms with Crippen LogP contribution in [0.1, 0.15) is 60.3 Å². The second kappa shape index (κ2) is 7.48. The number of rotatable bonds is 6. The summed E-state index contributed by atoms with van der Waals surface area (Å²) in [6.07, 6.45) is 2.62. The van der Waals surface area contributed by atoms with E-state index in [9.17, 15) is 24.3 Å². The van der Waals surface area contributed by atoms with E-state index in [0.717, 1.165) is 11.3 Å². The zero-order valence-electron chi connectivity index (χ0n) is 16.8. The predicted octanol–water partition coefficient (Wildman–Crippen LogP) is 1.74. The molecule has 2 rings (SSSR count). The number of aliphatic carboxylic acids is 1. The van der Waals surface area contributed by atoms with Crippen LogP contribution in [0.2, 0.25) is 0 Å². The Morgan fingerprint density at radius 2 is 1.96 bits per heavy atom. The number of carbonyl (C=O) groups excluding carboxylic acids is 3. The van der Waals surface area contributed by atoms with Crippen LogP contribution in [-0.2, 0) is 14.4 Å². The molecule has 27 heavy (non-hydrogen) atoms. The molecule has 3 N–H and O–H groups in total. The Bertz CT molecular complexity index is 647. The van der Waals surface area contributed by atoms with E-state index < -0.39 is 41.9 Å². The summed E-state index contributed by atoms with van der Waals surface area (Å²) in [5.74, 6) is -2.16. The third kappa shape index (κ3) is 4.42. The molecule has 0 bridgehead atoms. The van der Waals surface area contributed by atoms with Gasteiger partial charge in [-0.1, -0.05) is 41.0 Å². The molecule has 4 atom stereocenters. The van der Waals surface area contributed by atoms with Gasteiger partial charge >= 0.3 is 12.0 Å². The molecule has 1 aliphatic carbocycles. The van der Waals surface area contributed by atoms with Gasteiger partial charge in [-0.15, -0.1) is 0 Å². The van der Waals surface area contributed by atoms with Crippen molar-refractivity contribution in [1.29, 1.82) is 0 Å². The van der Waals surface area contributed by atoms with E-state index in [1.165, 1.54) is 0 Å². The molecule has 1 saturated carbocycles. The van der Waals surface area contributed by atoms with Crippen LogP contribution in [0.3, 0.4) is 0 Å². The Labute approximate surface area is 160 Å². The minimum absolute atomic E-state index is 0.0934. The number of amides is 4. The van der Waals surface area contributed by atoms with Crippen LogP contribution in [0.15, 0.2) is 0 Å². The maximum Gasteiger partial charge on any atom is 0.326 e. The van der Waals surface area contributed by atoms with Gasteiger partial charge in [-0.2, -0.15) is 0 Å². The van der Waals surface area contributed by atoms with E-state index in [0.29, 0.717) is 19.3 Å². The Morgan fingerprint density at radius 1 is 1.33 bits per heavy atom. The van der Waals surface area contributed by atoms with Crippen LogP contribution in [0.4, 0.5) is 4.79 Å². The second-order valence-electron chi connectivity index (χ2n) is 9.03. The third-order valence-corrected chi connectivity index (χ3v) is 5.72. The highest BCUT2D eigenvalue weighted by Crippen LogP contribution is 2.46. The van der Waals surface area contributed by atoms with Crippen molar-refractivity contribution in [1.82, 2.24) is 15.5 Å². The van der Waals surface area contributed by atoms with Gasteiger partial charge in [-0.05, 0) is 36.5 Å². The minimum atomic E-state index is -1.13. The first-order chi connectivity index (χ1) is 12.4. The first-order valence-electron chi connectivity index (χ1n) is 9.57. The number of nitrogens with one attached hydrogen (secondary N) is 2. The van der Waals surface area contributed by atoms with Gasteiger partial charge in [0.15, 0.2) is 0 Å². The second-order valence-corrected chi connectivity index (χ2v) is 9.03. The molecule has 152 valence electrons. The molecular formula is C19H31N3O5. The maximum atomic E-state index is 13.0. The van der Waals surface area contributed by atoms with Crippen molar-refractivity contribution < 1.29 is 24.3 Å².